The number of nitrogens with zero attached hydrogens (tertiary/aromatic N) is 3. The minimum Gasteiger partial charge on any atom is -0.508 e. The minimum absolute atomic E-state index is 0.0358. The van der Waals surface area contributed by atoms with E-state index in [-0.39, 0.29) is 23.5 Å². The number of hydrogen-bond acceptors (Lipinski definition) is 4. The Morgan fingerprint density at radius 1 is 0.931 bits per heavy atom. The highest BCUT2D eigenvalue weighted by Crippen LogP contribution is 2.39. The molecule has 2 heterocycles. The van der Waals surface area contributed by atoms with Gasteiger partial charge in [0.2, 0.25) is 0 Å². The SMILES string of the molecule is CC1c2nc3ccccc3c(=O)n2C(c2ccc(O)cc2)N1Cc1ccccc1. The first-order valence-electron chi connectivity index (χ1n) is 9.73. The van der Waals surface area contributed by atoms with E-state index in [2.05, 4.69) is 24.0 Å². The van der Waals surface area contributed by atoms with Gasteiger partial charge in [-0.1, -0.05) is 54.6 Å². The van der Waals surface area contributed by atoms with Gasteiger partial charge in [-0.25, -0.2) is 4.98 Å². The van der Waals surface area contributed by atoms with Crippen LogP contribution in [0.5, 0.6) is 5.75 Å². The predicted molar refractivity (Wildman–Crippen MR) is 113 cm³/mol. The Morgan fingerprint density at radius 2 is 1.62 bits per heavy atom. The summed E-state index contributed by atoms with van der Waals surface area (Å²) in [4.78, 5) is 20.6. The molecule has 3 aromatic carbocycles. The highest BCUT2D eigenvalue weighted by Gasteiger charge is 2.39. The van der Waals surface area contributed by atoms with Crippen molar-refractivity contribution in [3.63, 3.8) is 0 Å². The first-order valence-corrected chi connectivity index (χ1v) is 9.73. The summed E-state index contributed by atoms with van der Waals surface area (Å²) in [6.45, 7) is 2.78. The molecule has 1 aliphatic rings. The van der Waals surface area contributed by atoms with Crippen molar-refractivity contribution < 1.29 is 5.11 Å². The van der Waals surface area contributed by atoms with Gasteiger partial charge in [-0.2, -0.15) is 0 Å². The summed E-state index contributed by atoms with van der Waals surface area (Å²) in [6, 6.07) is 24.8. The molecule has 0 saturated heterocycles. The third kappa shape index (κ3) is 2.91. The van der Waals surface area contributed by atoms with Crippen LogP contribution in [0.2, 0.25) is 0 Å². The summed E-state index contributed by atoms with van der Waals surface area (Å²) < 4.78 is 1.81. The third-order valence-electron chi connectivity index (χ3n) is 5.66. The highest BCUT2D eigenvalue weighted by atomic mass is 16.3. The van der Waals surface area contributed by atoms with Crippen LogP contribution in [0.15, 0.2) is 83.7 Å². The van der Waals surface area contributed by atoms with Crippen molar-refractivity contribution in [2.75, 3.05) is 0 Å². The van der Waals surface area contributed by atoms with Gasteiger partial charge >= 0.3 is 0 Å². The molecule has 0 spiro atoms. The van der Waals surface area contributed by atoms with E-state index in [1.807, 2.05) is 59.2 Å². The number of benzene rings is 3. The molecule has 1 N–H and O–H groups in total. The fourth-order valence-electron chi connectivity index (χ4n) is 4.21. The average Bonchev–Trinajstić information content (AvgIpc) is 3.02. The van der Waals surface area contributed by atoms with Crippen molar-refractivity contribution in [3.8, 4) is 5.75 Å². The largest absolute Gasteiger partial charge is 0.508 e. The van der Waals surface area contributed by atoms with Gasteiger partial charge in [-0.15, -0.1) is 0 Å². The van der Waals surface area contributed by atoms with Crippen LogP contribution in [0.4, 0.5) is 0 Å². The second kappa shape index (κ2) is 6.87. The second-order valence-electron chi connectivity index (χ2n) is 7.46. The van der Waals surface area contributed by atoms with Crippen molar-refractivity contribution >= 4 is 10.9 Å². The van der Waals surface area contributed by atoms with E-state index in [0.717, 1.165) is 16.9 Å². The van der Waals surface area contributed by atoms with Crippen LogP contribution in [0.25, 0.3) is 10.9 Å². The first-order chi connectivity index (χ1) is 14.1. The maximum Gasteiger partial charge on any atom is 0.263 e. The van der Waals surface area contributed by atoms with E-state index in [9.17, 15) is 9.90 Å². The van der Waals surface area contributed by atoms with Crippen molar-refractivity contribution in [2.24, 2.45) is 0 Å². The topological polar surface area (TPSA) is 58.4 Å². The van der Waals surface area contributed by atoms with Crippen molar-refractivity contribution in [2.45, 2.75) is 25.7 Å². The van der Waals surface area contributed by atoms with Crippen LogP contribution in [-0.2, 0) is 6.54 Å². The fraction of sp³-hybridized carbons (Fsp3) is 0.167. The number of hydrogen-bond donors (Lipinski definition) is 1. The predicted octanol–water partition coefficient (Wildman–Crippen LogP) is 4.23. The Kier molecular flexibility index (Phi) is 4.18. The number of aromatic nitrogens is 2. The molecule has 0 aliphatic carbocycles. The molecular weight excluding hydrogens is 362 g/mol. The number of phenolic OH excluding ortho intramolecular Hbond substituents is 1. The molecule has 1 aromatic heterocycles. The smallest absolute Gasteiger partial charge is 0.263 e. The molecule has 0 amide bonds. The molecule has 0 radical (unpaired) electrons. The van der Waals surface area contributed by atoms with Crippen LogP contribution >= 0.6 is 0 Å². The molecule has 2 atom stereocenters. The monoisotopic (exact) mass is 383 g/mol. The van der Waals surface area contributed by atoms with Crippen molar-refractivity contribution in [1.29, 1.82) is 0 Å². The molecule has 5 heteroatoms. The summed E-state index contributed by atoms with van der Waals surface area (Å²) in [5.74, 6) is 0.973. The zero-order valence-corrected chi connectivity index (χ0v) is 16.1. The van der Waals surface area contributed by atoms with E-state index >= 15 is 0 Å². The molecular formula is C24H21N3O2. The molecule has 0 fully saturated rings. The van der Waals surface area contributed by atoms with Gasteiger partial charge < -0.3 is 5.11 Å². The Bertz CT molecular complexity index is 1230. The van der Waals surface area contributed by atoms with Gasteiger partial charge in [0.1, 0.15) is 17.7 Å². The van der Waals surface area contributed by atoms with E-state index < -0.39 is 0 Å². The van der Waals surface area contributed by atoms with Crippen LogP contribution < -0.4 is 5.56 Å². The van der Waals surface area contributed by atoms with Crippen LogP contribution in [0, 0.1) is 0 Å². The average molecular weight is 383 g/mol. The van der Waals surface area contributed by atoms with Gasteiger partial charge in [-0.3, -0.25) is 14.3 Å². The number of aromatic hydroxyl groups is 1. The number of phenols is 1. The molecule has 5 rings (SSSR count). The van der Waals surface area contributed by atoms with Crippen molar-refractivity contribution in [3.05, 3.63) is 106 Å². The lowest BCUT2D eigenvalue weighted by atomic mass is 10.1. The lowest BCUT2D eigenvalue weighted by molar-refractivity contribution is 0.159. The number of fused-ring (bicyclic) bond motifs is 2. The van der Waals surface area contributed by atoms with Gasteiger partial charge in [0, 0.05) is 6.54 Å². The molecule has 0 saturated carbocycles. The van der Waals surface area contributed by atoms with Gasteiger partial charge in [0.15, 0.2) is 0 Å². The molecule has 144 valence electrons. The van der Waals surface area contributed by atoms with Gasteiger partial charge in [0.05, 0.1) is 16.9 Å². The van der Waals surface area contributed by atoms with E-state index in [0.29, 0.717) is 11.9 Å². The van der Waals surface area contributed by atoms with Crippen LogP contribution in [-0.4, -0.2) is 19.6 Å². The van der Waals surface area contributed by atoms with E-state index in [1.165, 1.54) is 5.56 Å². The zero-order chi connectivity index (χ0) is 20.0. The maximum absolute atomic E-state index is 13.5. The van der Waals surface area contributed by atoms with Gasteiger partial charge in [-0.05, 0) is 42.3 Å². The van der Waals surface area contributed by atoms with Crippen LogP contribution in [0.3, 0.4) is 0 Å². The summed E-state index contributed by atoms with van der Waals surface area (Å²) in [5.41, 5.74) is 2.81. The molecule has 29 heavy (non-hydrogen) atoms. The van der Waals surface area contributed by atoms with Crippen LogP contribution in [0.1, 0.15) is 36.1 Å². The third-order valence-corrected chi connectivity index (χ3v) is 5.66. The quantitative estimate of drug-likeness (QED) is 0.575. The standard InChI is InChI=1S/C24H21N3O2/c1-16-22-25-21-10-6-5-9-20(21)24(29)27(22)23(18-11-13-19(28)14-12-18)26(16)15-17-7-3-2-4-8-17/h2-14,16,23,28H,15H2,1H3. The zero-order valence-electron chi connectivity index (χ0n) is 16.1. The summed E-state index contributed by atoms with van der Waals surface area (Å²) in [5, 5.41) is 10.4. The molecule has 0 bridgehead atoms. The highest BCUT2D eigenvalue weighted by molar-refractivity contribution is 5.77. The van der Waals surface area contributed by atoms with Crippen molar-refractivity contribution in [1.82, 2.24) is 14.5 Å². The molecule has 2 unspecified atom stereocenters. The summed E-state index contributed by atoms with van der Waals surface area (Å²) >= 11 is 0. The Balaban J connectivity index is 1.72. The number of rotatable bonds is 3. The van der Waals surface area contributed by atoms with E-state index in [4.69, 9.17) is 4.98 Å². The van der Waals surface area contributed by atoms with E-state index in [1.54, 1.807) is 12.1 Å². The maximum atomic E-state index is 13.5. The molecule has 5 nitrogen and oxygen atoms in total. The molecule has 4 aromatic rings. The fourth-order valence-corrected chi connectivity index (χ4v) is 4.21. The lowest BCUT2D eigenvalue weighted by Crippen LogP contribution is -2.31. The molecule has 1 aliphatic heterocycles. The Hall–Kier alpha value is -3.44. The Labute approximate surface area is 168 Å². The van der Waals surface area contributed by atoms with Gasteiger partial charge in [0.25, 0.3) is 5.56 Å². The normalized spacial score (nSPS) is 18.8. The second-order valence-corrected chi connectivity index (χ2v) is 7.46. The first kappa shape index (κ1) is 17.6. The minimum atomic E-state index is -0.287. The Morgan fingerprint density at radius 3 is 2.38 bits per heavy atom. The summed E-state index contributed by atoms with van der Waals surface area (Å²) in [6.07, 6.45) is -0.287. The number of para-hydroxylation sites is 1. The lowest BCUT2D eigenvalue weighted by Gasteiger charge is -2.28. The summed E-state index contributed by atoms with van der Waals surface area (Å²) in [7, 11) is 0.